The summed E-state index contributed by atoms with van der Waals surface area (Å²) in [7, 11) is 0. The average molecular weight is 338 g/mol. The summed E-state index contributed by atoms with van der Waals surface area (Å²) in [6, 6.07) is 6.71. The van der Waals surface area contributed by atoms with E-state index >= 15 is 0 Å². The van der Waals surface area contributed by atoms with E-state index in [2.05, 4.69) is 5.10 Å². The highest BCUT2D eigenvalue weighted by atomic mass is 35.5. The summed E-state index contributed by atoms with van der Waals surface area (Å²) in [5.41, 5.74) is 0.632. The molecule has 0 bridgehead atoms. The number of aromatic nitrogens is 2. The molecular formula is C15H13Cl2N3O2. The Labute approximate surface area is 137 Å². The van der Waals surface area contributed by atoms with Crippen molar-refractivity contribution in [2.75, 3.05) is 13.1 Å². The summed E-state index contributed by atoms with van der Waals surface area (Å²) in [6.07, 6.45) is 3.41. The van der Waals surface area contributed by atoms with Crippen LogP contribution in [0, 0.1) is 0 Å². The van der Waals surface area contributed by atoms with E-state index in [1.807, 2.05) is 4.90 Å². The number of carbonyl (C=O) groups excluding carboxylic acids is 1. The SMILES string of the molecule is O=C(c1ccc(-n2ncc(Cl)c(Cl)c2=O)cc1)N1CCCC1. The molecule has 0 spiro atoms. The topological polar surface area (TPSA) is 55.2 Å². The lowest BCUT2D eigenvalue weighted by molar-refractivity contribution is 0.0793. The second kappa shape index (κ2) is 6.10. The van der Waals surface area contributed by atoms with Gasteiger partial charge in [0, 0.05) is 18.7 Å². The van der Waals surface area contributed by atoms with Gasteiger partial charge in [0.15, 0.2) is 0 Å². The van der Waals surface area contributed by atoms with Crippen LogP contribution in [-0.4, -0.2) is 33.7 Å². The minimum absolute atomic E-state index is 0.0125. The zero-order valence-corrected chi connectivity index (χ0v) is 13.1. The second-order valence-electron chi connectivity index (χ2n) is 5.07. The Hall–Kier alpha value is -1.85. The standard InChI is InChI=1S/C15H13Cl2N3O2/c16-12-9-18-20(15(22)13(12)17)11-5-3-10(4-6-11)14(21)19-7-1-2-8-19/h3-6,9H,1-2,7-8H2. The third-order valence-corrected chi connectivity index (χ3v) is 4.38. The molecule has 2 aromatic rings. The maximum atomic E-state index is 12.3. The summed E-state index contributed by atoms with van der Waals surface area (Å²) in [4.78, 5) is 26.1. The van der Waals surface area contributed by atoms with E-state index < -0.39 is 5.56 Å². The number of rotatable bonds is 2. The monoisotopic (exact) mass is 337 g/mol. The number of carbonyl (C=O) groups is 1. The predicted octanol–water partition coefficient (Wildman–Crippen LogP) is 2.78. The highest BCUT2D eigenvalue weighted by Crippen LogP contribution is 2.17. The molecule has 0 unspecified atom stereocenters. The Balaban J connectivity index is 1.90. The molecule has 1 aliphatic rings. The summed E-state index contributed by atoms with van der Waals surface area (Å²) < 4.78 is 1.15. The van der Waals surface area contributed by atoms with Crippen LogP contribution in [0.1, 0.15) is 23.2 Å². The van der Waals surface area contributed by atoms with Gasteiger partial charge in [-0.15, -0.1) is 0 Å². The Kier molecular flexibility index (Phi) is 4.18. The smallest absolute Gasteiger partial charge is 0.291 e. The summed E-state index contributed by atoms with van der Waals surface area (Å²) >= 11 is 11.6. The van der Waals surface area contributed by atoms with Crippen molar-refractivity contribution in [3.63, 3.8) is 0 Å². The predicted molar refractivity (Wildman–Crippen MR) is 85.0 cm³/mol. The van der Waals surface area contributed by atoms with Gasteiger partial charge < -0.3 is 4.90 Å². The van der Waals surface area contributed by atoms with Crippen molar-refractivity contribution in [1.29, 1.82) is 0 Å². The van der Waals surface area contributed by atoms with Gasteiger partial charge in [0.25, 0.3) is 11.5 Å². The third-order valence-electron chi connectivity index (χ3n) is 3.63. The van der Waals surface area contributed by atoms with Crippen molar-refractivity contribution in [3.8, 4) is 5.69 Å². The van der Waals surface area contributed by atoms with Crippen molar-refractivity contribution in [2.45, 2.75) is 12.8 Å². The van der Waals surface area contributed by atoms with Crippen LogP contribution in [0.25, 0.3) is 5.69 Å². The lowest BCUT2D eigenvalue weighted by atomic mass is 10.2. The van der Waals surface area contributed by atoms with E-state index in [4.69, 9.17) is 23.2 Å². The molecule has 0 atom stereocenters. The molecule has 1 aromatic heterocycles. The van der Waals surface area contributed by atoms with Gasteiger partial charge in [-0.1, -0.05) is 23.2 Å². The maximum absolute atomic E-state index is 12.3. The second-order valence-corrected chi connectivity index (χ2v) is 5.85. The molecule has 2 heterocycles. The van der Waals surface area contributed by atoms with Gasteiger partial charge in [0.1, 0.15) is 5.02 Å². The Morgan fingerprint density at radius 3 is 2.36 bits per heavy atom. The van der Waals surface area contributed by atoms with Crippen LogP contribution in [0.2, 0.25) is 10.0 Å². The lowest BCUT2D eigenvalue weighted by Crippen LogP contribution is -2.27. The zero-order chi connectivity index (χ0) is 15.7. The highest BCUT2D eigenvalue weighted by Gasteiger charge is 2.19. The maximum Gasteiger partial charge on any atom is 0.291 e. The molecule has 22 heavy (non-hydrogen) atoms. The molecule has 1 amide bonds. The molecule has 1 fully saturated rings. The summed E-state index contributed by atoms with van der Waals surface area (Å²) in [5.74, 6) is 0.0125. The van der Waals surface area contributed by atoms with Gasteiger partial charge in [-0.05, 0) is 37.1 Å². The van der Waals surface area contributed by atoms with Gasteiger partial charge in [-0.25, -0.2) is 0 Å². The molecule has 1 aromatic carbocycles. The van der Waals surface area contributed by atoms with Gasteiger partial charge in [-0.3, -0.25) is 9.59 Å². The highest BCUT2D eigenvalue weighted by molar-refractivity contribution is 6.41. The largest absolute Gasteiger partial charge is 0.339 e. The average Bonchev–Trinajstić information content (AvgIpc) is 3.07. The van der Waals surface area contributed by atoms with Gasteiger partial charge in [0.05, 0.1) is 16.9 Å². The van der Waals surface area contributed by atoms with Gasteiger partial charge in [0.2, 0.25) is 0 Å². The fraction of sp³-hybridized carbons (Fsp3) is 0.267. The van der Waals surface area contributed by atoms with Crippen LogP contribution in [0.5, 0.6) is 0 Å². The van der Waals surface area contributed by atoms with Gasteiger partial charge >= 0.3 is 0 Å². The van der Waals surface area contributed by atoms with Crippen molar-refractivity contribution in [1.82, 2.24) is 14.7 Å². The van der Waals surface area contributed by atoms with Crippen LogP contribution in [0.4, 0.5) is 0 Å². The first-order valence-electron chi connectivity index (χ1n) is 6.91. The molecule has 3 rings (SSSR count). The fourth-order valence-electron chi connectivity index (χ4n) is 2.44. The van der Waals surface area contributed by atoms with Gasteiger partial charge in [-0.2, -0.15) is 9.78 Å². The Morgan fingerprint density at radius 1 is 1.09 bits per heavy atom. The first kappa shape index (κ1) is 15.1. The van der Waals surface area contributed by atoms with Crippen LogP contribution in [0.15, 0.2) is 35.3 Å². The van der Waals surface area contributed by atoms with Crippen molar-refractivity contribution < 1.29 is 4.79 Å². The Bertz CT molecular complexity index is 765. The van der Waals surface area contributed by atoms with E-state index in [1.165, 1.54) is 6.20 Å². The molecule has 1 saturated heterocycles. The molecule has 1 aliphatic heterocycles. The first-order valence-corrected chi connectivity index (χ1v) is 7.66. The molecule has 0 N–H and O–H groups in total. The number of amides is 1. The van der Waals surface area contributed by atoms with E-state index in [9.17, 15) is 9.59 Å². The quantitative estimate of drug-likeness (QED) is 0.846. The first-order chi connectivity index (χ1) is 10.6. The normalized spacial score (nSPS) is 14.4. The van der Waals surface area contributed by atoms with E-state index in [0.717, 1.165) is 30.6 Å². The van der Waals surface area contributed by atoms with Crippen LogP contribution >= 0.6 is 23.2 Å². The zero-order valence-electron chi connectivity index (χ0n) is 11.6. The summed E-state index contributed by atoms with van der Waals surface area (Å²) in [5, 5.41) is 3.99. The third kappa shape index (κ3) is 2.74. The molecule has 0 aliphatic carbocycles. The number of halogens is 2. The number of benzene rings is 1. The molecule has 7 heteroatoms. The number of likely N-dealkylation sites (tertiary alicyclic amines) is 1. The molecule has 5 nitrogen and oxygen atoms in total. The number of hydrogen-bond donors (Lipinski definition) is 0. The van der Waals surface area contributed by atoms with Crippen LogP contribution in [0.3, 0.4) is 0 Å². The minimum atomic E-state index is -0.493. The van der Waals surface area contributed by atoms with Crippen molar-refractivity contribution in [3.05, 3.63) is 56.4 Å². The molecule has 0 radical (unpaired) electrons. The van der Waals surface area contributed by atoms with Crippen LogP contribution in [-0.2, 0) is 0 Å². The van der Waals surface area contributed by atoms with E-state index in [0.29, 0.717) is 11.3 Å². The fourth-order valence-corrected chi connectivity index (χ4v) is 2.70. The molecular weight excluding hydrogens is 325 g/mol. The van der Waals surface area contributed by atoms with E-state index in [1.54, 1.807) is 24.3 Å². The van der Waals surface area contributed by atoms with Crippen molar-refractivity contribution in [2.24, 2.45) is 0 Å². The molecule has 114 valence electrons. The Morgan fingerprint density at radius 2 is 1.73 bits per heavy atom. The minimum Gasteiger partial charge on any atom is -0.339 e. The van der Waals surface area contributed by atoms with E-state index in [-0.39, 0.29) is 16.0 Å². The van der Waals surface area contributed by atoms with Crippen LogP contribution < -0.4 is 5.56 Å². The number of hydrogen-bond acceptors (Lipinski definition) is 3. The molecule has 0 saturated carbocycles. The summed E-state index contributed by atoms with van der Waals surface area (Å²) in [6.45, 7) is 1.60. The lowest BCUT2D eigenvalue weighted by Gasteiger charge is -2.15. The number of nitrogens with zero attached hydrogens (tertiary/aromatic N) is 3. The van der Waals surface area contributed by atoms with Crippen molar-refractivity contribution >= 4 is 29.1 Å².